The van der Waals surface area contributed by atoms with Crippen LogP contribution in [-0.4, -0.2) is 34.9 Å². The van der Waals surface area contributed by atoms with Crippen LogP contribution in [0.15, 0.2) is 36.5 Å². The van der Waals surface area contributed by atoms with Gasteiger partial charge in [-0.1, -0.05) is 288 Å². The van der Waals surface area contributed by atoms with Crippen LogP contribution in [0.5, 0.6) is 0 Å². The summed E-state index contributed by atoms with van der Waals surface area (Å²) in [5.41, 5.74) is 0. The SMILES string of the molecule is CCCCCCC/C=C\C/C=C\CCCCCCCCCCCCCCCCCCCCCCCCCCCCCC(=O)NC(CO)C(O)/C=C/CCCCCCCCCCC. The average Bonchev–Trinajstić information content (AvgIpc) is 3.28. The molecule has 0 aliphatic carbocycles. The van der Waals surface area contributed by atoms with Crippen LogP contribution in [0.3, 0.4) is 0 Å². The van der Waals surface area contributed by atoms with E-state index in [-0.39, 0.29) is 12.5 Å². The molecule has 0 aliphatic heterocycles. The highest BCUT2D eigenvalue weighted by Gasteiger charge is 2.18. The lowest BCUT2D eigenvalue weighted by atomic mass is 10.0. The number of aliphatic hydroxyl groups is 2. The largest absolute Gasteiger partial charge is 0.394 e. The monoisotopic (exact) mass is 870 g/mol. The minimum atomic E-state index is -0.835. The zero-order valence-corrected chi connectivity index (χ0v) is 42.2. The van der Waals surface area contributed by atoms with Crippen LogP contribution in [0.1, 0.15) is 309 Å². The Kier molecular flexibility index (Phi) is 52.7. The second-order valence-corrected chi connectivity index (χ2v) is 19.4. The molecule has 62 heavy (non-hydrogen) atoms. The number of nitrogens with one attached hydrogen (secondary N) is 1. The van der Waals surface area contributed by atoms with E-state index in [4.69, 9.17) is 0 Å². The average molecular weight is 871 g/mol. The van der Waals surface area contributed by atoms with Crippen molar-refractivity contribution in [1.82, 2.24) is 5.32 Å². The molecule has 0 saturated heterocycles. The molecule has 2 atom stereocenters. The molecule has 3 N–H and O–H groups in total. The number of aliphatic hydroxyl groups excluding tert-OH is 2. The fourth-order valence-corrected chi connectivity index (χ4v) is 8.80. The van der Waals surface area contributed by atoms with Gasteiger partial charge in [0.2, 0.25) is 5.91 Å². The van der Waals surface area contributed by atoms with Crippen molar-refractivity contribution < 1.29 is 15.0 Å². The van der Waals surface area contributed by atoms with Gasteiger partial charge in [0.25, 0.3) is 0 Å². The fourth-order valence-electron chi connectivity index (χ4n) is 8.80. The minimum Gasteiger partial charge on any atom is -0.394 e. The Balaban J connectivity index is 3.35. The summed E-state index contributed by atoms with van der Waals surface area (Å²) < 4.78 is 0. The van der Waals surface area contributed by atoms with Gasteiger partial charge in [0.15, 0.2) is 0 Å². The maximum absolute atomic E-state index is 12.4. The molecular formula is C58H111NO3. The van der Waals surface area contributed by atoms with Gasteiger partial charge in [-0.15, -0.1) is 0 Å². The lowest BCUT2D eigenvalue weighted by Crippen LogP contribution is -2.45. The van der Waals surface area contributed by atoms with Gasteiger partial charge in [0.05, 0.1) is 18.8 Å². The predicted molar refractivity (Wildman–Crippen MR) is 276 cm³/mol. The third-order valence-corrected chi connectivity index (χ3v) is 13.1. The van der Waals surface area contributed by atoms with E-state index in [1.165, 1.54) is 257 Å². The molecule has 0 aromatic heterocycles. The standard InChI is InChI=1S/C58H111NO3/c1-3-5-7-9-11-13-15-16-17-18-19-20-21-22-23-24-25-26-27-28-29-30-31-32-33-34-35-36-37-38-39-40-41-42-44-46-48-50-52-54-58(62)59-56(55-60)57(61)53-51-49-47-45-43-14-12-10-8-6-4-2/h15-16,18-19,51,53,56-57,60-61H,3-14,17,20-50,52,54-55H2,1-2H3,(H,59,62)/b16-15-,19-18-,53-51+. The molecule has 0 bridgehead atoms. The summed E-state index contributed by atoms with van der Waals surface area (Å²) in [6.07, 6.45) is 73.3. The highest BCUT2D eigenvalue weighted by Crippen LogP contribution is 2.17. The molecule has 0 spiro atoms. The second-order valence-electron chi connectivity index (χ2n) is 19.4. The van der Waals surface area contributed by atoms with Gasteiger partial charge in [-0.3, -0.25) is 4.79 Å². The Morgan fingerprint density at radius 2 is 0.661 bits per heavy atom. The number of amides is 1. The van der Waals surface area contributed by atoms with Crippen molar-refractivity contribution in [2.75, 3.05) is 6.61 Å². The van der Waals surface area contributed by atoms with Crippen LogP contribution in [-0.2, 0) is 4.79 Å². The Bertz CT molecular complexity index is 943. The number of allylic oxidation sites excluding steroid dienone is 5. The number of carbonyl (C=O) groups is 1. The van der Waals surface area contributed by atoms with Crippen molar-refractivity contribution in [3.05, 3.63) is 36.5 Å². The number of rotatable bonds is 52. The van der Waals surface area contributed by atoms with Gasteiger partial charge in [-0.25, -0.2) is 0 Å². The molecule has 0 aromatic rings. The summed E-state index contributed by atoms with van der Waals surface area (Å²) in [6.45, 7) is 4.30. The molecule has 0 rings (SSSR count). The summed E-state index contributed by atoms with van der Waals surface area (Å²) in [5.74, 6) is -0.0602. The highest BCUT2D eigenvalue weighted by atomic mass is 16.3. The molecule has 0 heterocycles. The lowest BCUT2D eigenvalue weighted by Gasteiger charge is -2.20. The zero-order valence-electron chi connectivity index (χ0n) is 42.2. The first-order valence-corrected chi connectivity index (χ1v) is 28.2. The van der Waals surface area contributed by atoms with Crippen LogP contribution >= 0.6 is 0 Å². The first-order chi connectivity index (χ1) is 30.7. The number of unbranched alkanes of at least 4 members (excludes halogenated alkanes) is 41. The van der Waals surface area contributed by atoms with E-state index in [0.717, 1.165) is 32.1 Å². The summed E-state index contributed by atoms with van der Waals surface area (Å²) >= 11 is 0. The Morgan fingerprint density at radius 3 is 0.968 bits per heavy atom. The van der Waals surface area contributed by atoms with Crippen LogP contribution in [0.2, 0.25) is 0 Å². The molecule has 366 valence electrons. The van der Waals surface area contributed by atoms with E-state index < -0.39 is 12.1 Å². The molecule has 1 amide bonds. The third-order valence-electron chi connectivity index (χ3n) is 13.1. The van der Waals surface area contributed by atoms with E-state index in [0.29, 0.717) is 6.42 Å². The van der Waals surface area contributed by atoms with E-state index in [9.17, 15) is 15.0 Å². The van der Waals surface area contributed by atoms with Gasteiger partial charge in [0, 0.05) is 6.42 Å². The molecule has 0 aliphatic rings. The quantitative estimate of drug-likeness (QED) is 0.0421. The van der Waals surface area contributed by atoms with Gasteiger partial charge in [-0.05, 0) is 51.4 Å². The zero-order chi connectivity index (χ0) is 44.9. The number of hydrogen-bond donors (Lipinski definition) is 3. The molecule has 0 fully saturated rings. The van der Waals surface area contributed by atoms with Crippen molar-refractivity contribution in [2.45, 2.75) is 321 Å². The van der Waals surface area contributed by atoms with E-state index in [1.807, 2.05) is 6.08 Å². The first-order valence-electron chi connectivity index (χ1n) is 28.2. The maximum Gasteiger partial charge on any atom is 0.220 e. The Morgan fingerprint density at radius 1 is 0.387 bits per heavy atom. The van der Waals surface area contributed by atoms with Gasteiger partial charge < -0.3 is 15.5 Å². The predicted octanol–water partition coefficient (Wildman–Crippen LogP) is 18.5. The summed E-state index contributed by atoms with van der Waals surface area (Å²) in [5, 5.41) is 23.0. The van der Waals surface area contributed by atoms with E-state index in [2.05, 4.69) is 43.5 Å². The normalized spacial score (nSPS) is 13.0. The van der Waals surface area contributed by atoms with Crippen molar-refractivity contribution in [1.29, 1.82) is 0 Å². The Hall–Kier alpha value is -1.39. The van der Waals surface area contributed by atoms with Crippen LogP contribution < -0.4 is 5.32 Å². The van der Waals surface area contributed by atoms with E-state index >= 15 is 0 Å². The third kappa shape index (κ3) is 49.6. The van der Waals surface area contributed by atoms with Crippen molar-refractivity contribution in [3.63, 3.8) is 0 Å². The molecule has 2 unspecified atom stereocenters. The first kappa shape index (κ1) is 60.6. The molecule has 4 nitrogen and oxygen atoms in total. The van der Waals surface area contributed by atoms with Crippen molar-refractivity contribution >= 4 is 5.91 Å². The number of hydrogen-bond acceptors (Lipinski definition) is 3. The fraction of sp³-hybridized carbons (Fsp3) is 0.879. The summed E-state index contributed by atoms with van der Waals surface area (Å²) in [7, 11) is 0. The van der Waals surface area contributed by atoms with Crippen LogP contribution in [0, 0.1) is 0 Å². The Labute approximate surface area is 389 Å². The van der Waals surface area contributed by atoms with Gasteiger partial charge in [0.1, 0.15) is 0 Å². The smallest absolute Gasteiger partial charge is 0.220 e. The van der Waals surface area contributed by atoms with Crippen LogP contribution in [0.25, 0.3) is 0 Å². The summed E-state index contributed by atoms with van der Waals surface area (Å²) in [6, 6.07) is -0.618. The summed E-state index contributed by atoms with van der Waals surface area (Å²) in [4.78, 5) is 12.4. The van der Waals surface area contributed by atoms with Gasteiger partial charge in [-0.2, -0.15) is 0 Å². The number of carbonyl (C=O) groups excluding carboxylic acids is 1. The molecule has 0 radical (unpaired) electrons. The molecule has 4 heteroatoms. The van der Waals surface area contributed by atoms with Crippen molar-refractivity contribution in [3.8, 4) is 0 Å². The molecule has 0 aromatic carbocycles. The van der Waals surface area contributed by atoms with Gasteiger partial charge >= 0.3 is 0 Å². The topological polar surface area (TPSA) is 69.6 Å². The highest BCUT2D eigenvalue weighted by molar-refractivity contribution is 5.76. The lowest BCUT2D eigenvalue weighted by molar-refractivity contribution is -0.123. The maximum atomic E-state index is 12.4. The second kappa shape index (κ2) is 53.9. The molecule has 0 saturated carbocycles. The molecular weight excluding hydrogens is 759 g/mol. The minimum absolute atomic E-state index is 0.0602. The van der Waals surface area contributed by atoms with Crippen LogP contribution in [0.4, 0.5) is 0 Å². The van der Waals surface area contributed by atoms with E-state index in [1.54, 1.807) is 6.08 Å². The van der Waals surface area contributed by atoms with Crippen molar-refractivity contribution in [2.24, 2.45) is 0 Å².